The molecule has 1 atom stereocenters. The summed E-state index contributed by atoms with van der Waals surface area (Å²) in [5, 5.41) is 0. The van der Waals surface area contributed by atoms with Gasteiger partial charge in [0, 0.05) is 25.7 Å². The summed E-state index contributed by atoms with van der Waals surface area (Å²) >= 11 is 0. The number of nitrogens with zero attached hydrogens (tertiary/aromatic N) is 1. The molecule has 2 rings (SSSR count). The van der Waals surface area contributed by atoms with Crippen molar-refractivity contribution in [1.82, 2.24) is 4.90 Å². The van der Waals surface area contributed by atoms with E-state index in [2.05, 4.69) is 4.90 Å². The number of morpholine rings is 1. The van der Waals surface area contributed by atoms with E-state index in [4.69, 9.17) is 10.5 Å². The fourth-order valence-electron chi connectivity index (χ4n) is 1.88. The van der Waals surface area contributed by atoms with Crippen molar-refractivity contribution in [2.45, 2.75) is 6.04 Å². The van der Waals surface area contributed by atoms with Crippen LogP contribution in [0.1, 0.15) is 11.6 Å². The minimum absolute atomic E-state index is 0.0568. The molecule has 3 nitrogen and oxygen atoms in total. The quantitative estimate of drug-likeness (QED) is 0.837. The lowest BCUT2D eigenvalue weighted by atomic mass is 10.1. The molecule has 1 aliphatic heterocycles. The third kappa shape index (κ3) is 3.01. The van der Waals surface area contributed by atoms with E-state index >= 15 is 0 Å². The van der Waals surface area contributed by atoms with Crippen molar-refractivity contribution in [2.75, 3.05) is 32.8 Å². The molecule has 0 unspecified atom stereocenters. The van der Waals surface area contributed by atoms with Gasteiger partial charge >= 0.3 is 0 Å². The first kappa shape index (κ1) is 11.5. The van der Waals surface area contributed by atoms with Crippen molar-refractivity contribution < 1.29 is 9.13 Å². The lowest BCUT2D eigenvalue weighted by molar-refractivity contribution is 0.0352. The van der Waals surface area contributed by atoms with E-state index < -0.39 is 0 Å². The van der Waals surface area contributed by atoms with Gasteiger partial charge in [-0.2, -0.15) is 0 Å². The van der Waals surface area contributed by atoms with Crippen LogP contribution in [0.15, 0.2) is 24.3 Å². The van der Waals surface area contributed by atoms with Gasteiger partial charge in [0.15, 0.2) is 0 Å². The standard InChI is InChI=1S/C12H17FN2O/c13-11-3-1-10(2-4-11)12(14)9-15-5-7-16-8-6-15/h1-4,12H,5-9,14H2/t12-/m0/s1. The highest BCUT2D eigenvalue weighted by molar-refractivity contribution is 5.19. The molecular formula is C12H17FN2O. The highest BCUT2D eigenvalue weighted by Gasteiger charge is 2.14. The van der Waals surface area contributed by atoms with Gasteiger partial charge in [0.2, 0.25) is 0 Å². The molecule has 1 saturated heterocycles. The van der Waals surface area contributed by atoms with Crippen LogP contribution in [0, 0.1) is 5.82 Å². The van der Waals surface area contributed by atoms with Gasteiger partial charge in [-0.3, -0.25) is 4.90 Å². The maximum Gasteiger partial charge on any atom is 0.123 e. The van der Waals surface area contributed by atoms with Crippen molar-refractivity contribution >= 4 is 0 Å². The Hall–Kier alpha value is -0.970. The Kier molecular flexibility index (Phi) is 3.88. The molecule has 1 aromatic rings. The summed E-state index contributed by atoms with van der Waals surface area (Å²) in [4.78, 5) is 2.28. The molecule has 0 saturated carbocycles. The summed E-state index contributed by atoms with van der Waals surface area (Å²) in [6.07, 6.45) is 0. The fraction of sp³-hybridized carbons (Fsp3) is 0.500. The first-order chi connectivity index (χ1) is 7.75. The van der Waals surface area contributed by atoms with E-state index in [9.17, 15) is 4.39 Å². The van der Waals surface area contributed by atoms with Gasteiger partial charge in [0.25, 0.3) is 0 Å². The van der Waals surface area contributed by atoms with Crippen molar-refractivity contribution in [3.05, 3.63) is 35.6 Å². The highest BCUT2D eigenvalue weighted by Crippen LogP contribution is 2.13. The number of nitrogens with two attached hydrogens (primary N) is 1. The predicted molar refractivity (Wildman–Crippen MR) is 60.6 cm³/mol. The van der Waals surface area contributed by atoms with Crippen LogP contribution in [-0.4, -0.2) is 37.7 Å². The fourth-order valence-corrected chi connectivity index (χ4v) is 1.88. The molecule has 1 aromatic carbocycles. The number of ether oxygens (including phenoxy) is 1. The molecule has 88 valence electrons. The van der Waals surface area contributed by atoms with Crippen molar-refractivity contribution in [3.8, 4) is 0 Å². The lowest BCUT2D eigenvalue weighted by Crippen LogP contribution is -2.40. The summed E-state index contributed by atoms with van der Waals surface area (Å²) < 4.78 is 18.0. The van der Waals surface area contributed by atoms with Gasteiger partial charge in [0.1, 0.15) is 5.82 Å². The van der Waals surface area contributed by atoms with Gasteiger partial charge in [-0.1, -0.05) is 12.1 Å². The minimum Gasteiger partial charge on any atom is -0.379 e. The van der Waals surface area contributed by atoms with Crippen molar-refractivity contribution in [1.29, 1.82) is 0 Å². The van der Waals surface area contributed by atoms with Crippen LogP contribution >= 0.6 is 0 Å². The maximum atomic E-state index is 12.7. The topological polar surface area (TPSA) is 38.5 Å². The summed E-state index contributed by atoms with van der Waals surface area (Å²) in [5.74, 6) is -0.220. The number of halogens is 1. The van der Waals surface area contributed by atoms with Crippen molar-refractivity contribution in [2.24, 2.45) is 5.73 Å². The van der Waals surface area contributed by atoms with E-state index in [-0.39, 0.29) is 11.9 Å². The maximum absolute atomic E-state index is 12.7. The van der Waals surface area contributed by atoms with Crippen LogP contribution in [0.4, 0.5) is 4.39 Å². The second-order valence-corrected chi connectivity index (χ2v) is 4.07. The smallest absolute Gasteiger partial charge is 0.123 e. The van der Waals surface area contributed by atoms with E-state index in [1.807, 2.05) is 0 Å². The molecule has 0 spiro atoms. The van der Waals surface area contributed by atoms with E-state index in [0.717, 1.165) is 38.4 Å². The third-order valence-corrected chi connectivity index (χ3v) is 2.86. The summed E-state index contributed by atoms with van der Waals surface area (Å²) in [6, 6.07) is 6.35. The Labute approximate surface area is 95.0 Å². The summed E-state index contributed by atoms with van der Waals surface area (Å²) in [6.45, 7) is 4.20. The Balaban J connectivity index is 1.91. The second-order valence-electron chi connectivity index (χ2n) is 4.07. The number of benzene rings is 1. The summed E-state index contributed by atoms with van der Waals surface area (Å²) in [5.41, 5.74) is 7.05. The van der Waals surface area contributed by atoms with E-state index in [1.54, 1.807) is 12.1 Å². The number of rotatable bonds is 3. The molecule has 0 bridgehead atoms. The molecule has 0 aliphatic carbocycles. The molecule has 2 N–H and O–H groups in total. The number of hydrogen-bond donors (Lipinski definition) is 1. The largest absolute Gasteiger partial charge is 0.379 e. The van der Waals surface area contributed by atoms with E-state index in [0.29, 0.717) is 0 Å². The second kappa shape index (κ2) is 5.39. The Morgan fingerprint density at radius 1 is 1.25 bits per heavy atom. The molecule has 0 radical (unpaired) electrons. The lowest BCUT2D eigenvalue weighted by Gasteiger charge is -2.29. The average Bonchev–Trinajstić information content (AvgIpc) is 2.31. The Bertz CT molecular complexity index is 322. The molecule has 16 heavy (non-hydrogen) atoms. The normalized spacial score (nSPS) is 19.6. The van der Waals surface area contributed by atoms with Gasteiger partial charge in [0.05, 0.1) is 13.2 Å². The van der Waals surface area contributed by atoms with Crippen LogP contribution in [0.3, 0.4) is 0 Å². The molecule has 4 heteroatoms. The zero-order valence-electron chi connectivity index (χ0n) is 9.23. The molecule has 0 amide bonds. The van der Waals surface area contributed by atoms with Gasteiger partial charge in [-0.05, 0) is 17.7 Å². The SMILES string of the molecule is N[C@@H](CN1CCOCC1)c1ccc(F)cc1. The first-order valence-corrected chi connectivity index (χ1v) is 5.57. The molecule has 0 aromatic heterocycles. The van der Waals surface area contributed by atoms with Crippen LogP contribution in [0.5, 0.6) is 0 Å². The average molecular weight is 224 g/mol. The molecule has 1 fully saturated rings. The zero-order valence-corrected chi connectivity index (χ0v) is 9.23. The zero-order chi connectivity index (χ0) is 11.4. The first-order valence-electron chi connectivity index (χ1n) is 5.57. The van der Waals surface area contributed by atoms with Crippen molar-refractivity contribution in [3.63, 3.8) is 0 Å². The Morgan fingerprint density at radius 2 is 1.88 bits per heavy atom. The monoisotopic (exact) mass is 224 g/mol. The van der Waals surface area contributed by atoms with E-state index in [1.165, 1.54) is 12.1 Å². The van der Waals surface area contributed by atoms with Crippen LogP contribution in [0.2, 0.25) is 0 Å². The predicted octanol–water partition coefficient (Wildman–Crippen LogP) is 1.16. The van der Waals surface area contributed by atoms with Crippen LogP contribution in [0.25, 0.3) is 0 Å². The summed E-state index contributed by atoms with van der Waals surface area (Å²) in [7, 11) is 0. The van der Waals surface area contributed by atoms with Gasteiger partial charge in [-0.25, -0.2) is 4.39 Å². The highest BCUT2D eigenvalue weighted by atomic mass is 19.1. The van der Waals surface area contributed by atoms with Gasteiger partial charge < -0.3 is 10.5 Å². The third-order valence-electron chi connectivity index (χ3n) is 2.86. The minimum atomic E-state index is -0.220. The van der Waals surface area contributed by atoms with Gasteiger partial charge in [-0.15, -0.1) is 0 Å². The molecular weight excluding hydrogens is 207 g/mol. The molecule has 1 heterocycles. The van der Waals surface area contributed by atoms with Crippen LogP contribution in [-0.2, 0) is 4.74 Å². The molecule has 1 aliphatic rings. The number of hydrogen-bond acceptors (Lipinski definition) is 3. The van der Waals surface area contributed by atoms with Crippen LogP contribution < -0.4 is 5.73 Å². The Morgan fingerprint density at radius 3 is 2.50 bits per heavy atom.